The average molecular weight is 414 g/mol. The lowest BCUT2D eigenvalue weighted by molar-refractivity contribution is 0.102. The maximum Gasteiger partial charge on any atom is 0.264 e. The highest BCUT2D eigenvalue weighted by Crippen LogP contribution is 2.24. The number of nitrogens with one attached hydrogen (secondary N) is 1. The number of amides is 1. The van der Waals surface area contributed by atoms with E-state index in [4.69, 9.17) is 4.74 Å². The number of methoxy groups -OCH3 is 1. The van der Waals surface area contributed by atoms with Gasteiger partial charge in [-0.2, -0.15) is 0 Å². The molecule has 8 heteroatoms. The number of para-hydroxylation sites is 1. The van der Waals surface area contributed by atoms with Gasteiger partial charge in [-0.15, -0.1) is 0 Å². The number of benzene rings is 3. The predicted molar refractivity (Wildman–Crippen MR) is 109 cm³/mol. The molecule has 3 aromatic carbocycles. The highest BCUT2D eigenvalue weighted by Gasteiger charge is 2.22. The van der Waals surface area contributed by atoms with Crippen LogP contribution in [0, 0.1) is 5.82 Å². The summed E-state index contributed by atoms with van der Waals surface area (Å²) in [6.45, 7) is 0. The van der Waals surface area contributed by atoms with Crippen molar-refractivity contribution in [2.45, 2.75) is 4.90 Å². The van der Waals surface area contributed by atoms with Crippen LogP contribution in [0.4, 0.5) is 15.8 Å². The second kappa shape index (κ2) is 8.32. The Bertz CT molecular complexity index is 1130. The van der Waals surface area contributed by atoms with E-state index in [0.29, 0.717) is 5.69 Å². The van der Waals surface area contributed by atoms with E-state index in [1.807, 2.05) is 0 Å². The zero-order valence-corrected chi connectivity index (χ0v) is 16.6. The zero-order chi connectivity index (χ0) is 21.0. The van der Waals surface area contributed by atoms with Crippen LogP contribution in [0.25, 0.3) is 0 Å². The van der Waals surface area contributed by atoms with Crippen molar-refractivity contribution in [2.75, 3.05) is 23.8 Å². The van der Waals surface area contributed by atoms with E-state index in [2.05, 4.69) is 5.32 Å². The molecule has 0 spiro atoms. The first kappa shape index (κ1) is 20.3. The van der Waals surface area contributed by atoms with Crippen LogP contribution in [0.15, 0.2) is 77.7 Å². The Kier molecular flexibility index (Phi) is 5.84. The van der Waals surface area contributed by atoms with Crippen LogP contribution in [0.1, 0.15) is 10.4 Å². The molecule has 3 aromatic rings. The first-order valence-electron chi connectivity index (χ1n) is 8.62. The molecule has 0 heterocycles. The topological polar surface area (TPSA) is 75.7 Å². The Labute approximate surface area is 168 Å². The molecule has 6 nitrogen and oxygen atoms in total. The first-order valence-corrected chi connectivity index (χ1v) is 10.1. The third-order valence-corrected chi connectivity index (χ3v) is 6.07. The molecule has 0 bridgehead atoms. The fourth-order valence-corrected chi connectivity index (χ4v) is 3.92. The van der Waals surface area contributed by atoms with Gasteiger partial charge in [0.05, 0.1) is 23.3 Å². The van der Waals surface area contributed by atoms with Gasteiger partial charge in [0, 0.05) is 18.8 Å². The minimum Gasteiger partial charge on any atom is -0.497 e. The van der Waals surface area contributed by atoms with Crippen molar-refractivity contribution >= 4 is 27.3 Å². The Morgan fingerprint density at radius 1 is 1.00 bits per heavy atom. The van der Waals surface area contributed by atoms with Crippen LogP contribution in [0.5, 0.6) is 5.75 Å². The van der Waals surface area contributed by atoms with Gasteiger partial charge in [0.2, 0.25) is 0 Å². The lowest BCUT2D eigenvalue weighted by atomic mass is 10.2. The van der Waals surface area contributed by atoms with Gasteiger partial charge < -0.3 is 10.1 Å². The number of hydrogen-bond acceptors (Lipinski definition) is 4. The summed E-state index contributed by atoms with van der Waals surface area (Å²) < 4.78 is 46.0. The standard InChI is InChI=1S/C21H19FN2O4S/c1-24(16-8-4-3-5-9-16)29(26,27)18-10-6-7-15(13-18)23-21(25)19-12-11-17(28-2)14-20(19)22/h3-14H,1-2H3,(H,23,25). The quantitative estimate of drug-likeness (QED) is 0.664. The number of sulfonamides is 1. The van der Waals surface area contributed by atoms with Gasteiger partial charge in [0.15, 0.2) is 0 Å². The molecule has 0 fully saturated rings. The predicted octanol–water partition coefficient (Wildman–Crippen LogP) is 3.91. The molecule has 0 radical (unpaired) electrons. The van der Waals surface area contributed by atoms with Crippen LogP contribution < -0.4 is 14.4 Å². The number of anilines is 2. The molecule has 0 aliphatic heterocycles. The molecule has 1 amide bonds. The van der Waals surface area contributed by atoms with Gasteiger partial charge in [-0.25, -0.2) is 12.8 Å². The third-order valence-electron chi connectivity index (χ3n) is 4.29. The molecule has 1 N–H and O–H groups in total. The maximum atomic E-state index is 14.1. The van der Waals surface area contributed by atoms with E-state index in [-0.39, 0.29) is 21.9 Å². The number of rotatable bonds is 6. The fourth-order valence-electron chi connectivity index (χ4n) is 2.67. The zero-order valence-electron chi connectivity index (χ0n) is 15.8. The Morgan fingerprint density at radius 2 is 1.72 bits per heavy atom. The molecule has 0 saturated heterocycles. The molecule has 3 rings (SSSR count). The summed E-state index contributed by atoms with van der Waals surface area (Å²) in [5.41, 5.74) is 0.551. The van der Waals surface area contributed by atoms with E-state index < -0.39 is 21.7 Å². The summed E-state index contributed by atoms with van der Waals surface area (Å²) in [6, 6.07) is 18.3. The van der Waals surface area contributed by atoms with Crippen molar-refractivity contribution in [3.63, 3.8) is 0 Å². The maximum absolute atomic E-state index is 14.1. The van der Waals surface area contributed by atoms with E-state index in [1.54, 1.807) is 30.3 Å². The summed E-state index contributed by atoms with van der Waals surface area (Å²) >= 11 is 0. The van der Waals surface area contributed by atoms with Crippen molar-refractivity contribution in [1.82, 2.24) is 0 Å². The molecular weight excluding hydrogens is 395 g/mol. The number of ether oxygens (including phenoxy) is 1. The van der Waals surface area contributed by atoms with Gasteiger partial charge in [-0.1, -0.05) is 24.3 Å². The first-order chi connectivity index (χ1) is 13.8. The number of carbonyl (C=O) groups is 1. The molecular formula is C21H19FN2O4S. The van der Waals surface area contributed by atoms with Crippen LogP contribution >= 0.6 is 0 Å². The molecule has 29 heavy (non-hydrogen) atoms. The lowest BCUT2D eigenvalue weighted by Crippen LogP contribution is -2.26. The Morgan fingerprint density at radius 3 is 2.38 bits per heavy atom. The smallest absolute Gasteiger partial charge is 0.264 e. The molecule has 0 atom stereocenters. The van der Waals surface area contributed by atoms with Crippen molar-refractivity contribution in [3.05, 3.63) is 84.2 Å². The van der Waals surface area contributed by atoms with Crippen molar-refractivity contribution in [3.8, 4) is 5.75 Å². The summed E-state index contributed by atoms with van der Waals surface area (Å²) in [4.78, 5) is 12.4. The lowest BCUT2D eigenvalue weighted by Gasteiger charge is -2.20. The highest BCUT2D eigenvalue weighted by atomic mass is 32.2. The Balaban J connectivity index is 1.85. The van der Waals surface area contributed by atoms with E-state index >= 15 is 0 Å². The second-order valence-electron chi connectivity index (χ2n) is 6.14. The fraction of sp³-hybridized carbons (Fsp3) is 0.0952. The van der Waals surface area contributed by atoms with Crippen LogP contribution in [0.3, 0.4) is 0 Å². The average Bonchev–Trinajstić information content (AvgIpc) is 2.73. The SMILES string of the molecule is COc1ccc(C(=O)Nc2cccc(S(=O)(=O)N(C)c3ccccc3)c2)c(F)c1. The summed E-state index contributed by atoms with van der Waals surface area (Å²) in [5, 5.41) is 2.52. The molecule has 0 aliphatic carbocycles. The van der Waals surface area contributed by atoms with Crippen molar-refractivity contribution in [1.29, 1.82) is 0 Å². The number of hydrogen-bond donors (Lipinski definition) is 1. The monoisotopic (exact) mass is 414 g/mol. The van der Waals surface area contributed by atoms with Gasteiger partial charge in [-0.3, -0.25) is 9.10 Å². The van der Waals surface area contributed by atoms with Crippen LogP contribution in [0.2, 0.25) is 0 Å². The van der Waals surface area contributed by atoms with Gasteiger partial charge in [0.25, 0.3) is 15.9 Å². The van der Waals surface area contributed by atoms with Crippen LogP contribution in [-0.2, 0) is 10.0 Å². The summed E-state index contributed by atoms with van der Waals surface area (Å²) in [6.07, 6.45) is 0. The van der Waals surface area contributed by atoms with E-state index in [9.17, 15) is 17.6 Å². The number of carbonyl (C=O) groups excluding carboxylic acids is 1. The third kappa shape index (κ3) is 4.38. The molecule has 150 valence electrons. The molecule has 0 aromatic heterocycles. The second-order valence-corrected chi connectivity index (χ2v) is 8.11. The summed E-state index contributed by atoms with van der Waals surface area (Å²) in [5.74, 6) is -1.15. The van der Waals surface area contributed by atoms with Gasteiger partial charge >= 0.3 is 0 Å². The molecule has 0 unspecified atom stereocenters. The van der Waals surface area contributed by atoms with Crippen molar-refractivity contribution in [2.24, 2.45) is 0 Å². The Hall–Kier alpha value is -3.39. The molecule has 0 saturated carbocycles. The molecule has 0 aliphatic rings. The normalized spacial score (nSPS) is 11.0. The van der Waals surface area contributed by atoms with Crippen molar-refractivity contribution < 1.29 is 22.3 Å². The number of halogens is 1. The number of nitrogens with zero attached hydrogens (tertiary/aromatic N) is 1. The minimum absolute atomic E-state index is 0.00291. The van der Waals surface area contributed by atoms with E-state index in [1.165, 1.54) is 50.6 Å². The minimum atomic E-state index is -3.84. The summed E-state index contributed by atoms with van der Waals surface area (Å²) in [7, 11) is -0.998. The van der Waals surface area contributed by atoms with Gasteiger partial charge in [-0.05, 0) is 42.5 Å². The largest absolute Gasteiger partial charge is 0.497 e. The van der Waals surface area contributed by atoms with Gasteiger partial charge in [0.1, 0.15) is 11.6 Å². The van der Waals surface area contributed by atoms with Crippen LogP contribution in [-0.4, -0.2) is 28.5 Å². The van der Waals surface area contributed by atoms with E-state index in [0.717, 1.165) is 10.4 Å². The highest BCUT2D eigenvalue weighted by molar-refractivity contribution is 7.92.